The summed E-state index contributed by atoms with van der Waals surface area (Å²) in [7, 11) is 0. The number of rotatable bonds is 2. The standard InChI is InChI=1S/C12H9S/c1-2-10-5-3-4-6-12(10)11-7-8-13-9-11/h2-5,7-9H,1H2. The van der Waals surface area contributed by atoms with E-state index in [1.807, 2.05) is 18.2 Å². The van der Waals surface area contributed by atoms with E-state index in [1.165, 1.54) is 5.56 Å². The van der Waals surface area contributed by atoms with Crippen molar-refractivity contribution in [3.8, 4) is 11.1 Å². The molecule has 0 aliphatic rings. The van der Waals surface area contributed by atoms with Crippen LogP contribution in [-0.2, 0) is 0 Å². The predicted molar refractivity (Wildman–Crippen MR) is 58.7 cm³/mol. The van der Waals surface area contributed by atoms with E-state index in [0.717, 1.165) is 11.1 Å². The number of hydrogen-bond acceptors (Lipinski definition) is 1. The van der Waals surface area contributed by atoms with Gasteiger partial charge in [-0.2, -0.15) is 11.3 Å². The molecule has 1 heteroatoms. The van der Waals surface area contributed by atoms with Gasteiger partial charge in [0.15, 0.2) is 0 Å². The zero-order valence-corrected chi connectivity index (χ0v) is 7.97. The predicted octanol–water partition coefficient (Wildman–Crippen LogP) is 3.86. The molecule has 0 spiro atoms. The normalized spacial score (nSPS) is 9.85. The van der Waals surface area contributed by atoms with Crippen molar-refractivity contribution < 1.29 is 0 Å². The molecule has 2 rings (SSSR count). The third-order valence-corrected chi connectivity index (χ3v) is 2.60. The van der Waals surface area contributed by atoms with Crippen LogP contribution in [0.4, 0.5) is 0 Å². The topological polar surface area (TPSA) is 0 Å². The molecule has 0 aliphatic heterocycles. The summed E-state index contributed by atoms with van der Waals surface area (Å²) in [5.41, 5.74) is 3.50. The van der Waals surface area contributed by atoms with E-state index in [4.69, 9.17) is 0 Å². The Labute approximate surface area is 82.2 Å². The molecule has 0 atom stereocenters. The van der Waals surface area contributed by atoms with Gasteiger partial charge in [0.2, 0.25) is 0 Å². The minimum atomic E-state index is 1.14. The number of benzene rings is 1. The van der Waals surface area contributed by atoms with Gasteiger partial charge in [-0.1, -0.05) is 30.9 Å². The van der Waals surface area contributed by atoms with Gasteiger partial charge in [0.25, 0.3) is 0 Å². The highest BCUT2D eigenvalue weighted by atomic mass is 32.1. The maximum absolute atomic E-state index is 3.78. The fraction of sp³-hybridized carbons (Fsp3) is 0. The Hall–Kier alpha value is -1.34. The van der Waals surface area contributed by atoms with Crippen molar-refractivity contribution in [2.24, 2.45) is 0 Å². The van der Waals surface area contributed by atoms with Gasteiger partial charge in [0.05, 0.1) is 0 Å². The monoisotopic (exact) mass is 185 g/mol. The summed E-state index contributed by atoms with van der Waals surface area (Å²) < 4.78 is 0. The van der Waals surface area contributed by atoms with E-state index in [9.17, 15) is 0 Å². The van der Waals surface area contributed by atoms with Crippen LogP contribution in [0, 0.1) is 6.07 Å². The Morgan fingerprint density at radius 2 is 2.31 bits per heavy atom. The molecule has 63 valence electrons. The van der Waals surface area contributed by atoms with Gasteiger partial charge >= 0.3 is 0 Å². The van der Waals surface area contributed by atoms with Crippen LogP contribution in [0.15, 0.2) is 41.6 Å². The molecular weight excluding hydrogens is 176 g/mol. The maximum atomic E-state index is 3.78. The van der Waals surface area contributed by atoms with Crippen molar-refractivity contribution in [1.82, 2.24) is 0 Å². The Kier molecular flexibility index (Phi) is 2.28. The molecule has 0 nitrogen and oxygen atoms in total. The van der Waals surface area contributed by atoms with Crippen LogP contribution >= 0.6 is 11.3 Å². The number of hydrogen-bond donors (Lipinski definition) is 0. The molecular formula is C12H9S. The fourth-order valence-corrected chi connectivity index (χ4v) is 1.92. The molecule has 2 aromatic rings. The molecule has 0 amide bonds. The summed E-state index contributed by atoms with van der Waals surface area (Å²) in [5.74, 6) is 0. The average Bonchev–Trinajstić information content (AvgIpc) is 2.70. The Bertz CT molecular complexity index is 399. The van der Waals surface area contributed by atoms with Crippen molar-refractivity contribution in [2.75, 3.05) is 0 Å². The second-order valence-electron chi connectivity index (χ2n) is 2.72. The highest BCUT2D eigenvalue weighted by Gasteiger charge is 2.01. The molecule has 1 radical (unpaired) electrons. The molecule has 1 aromatic carbocycles. The van der Waals surface area contributed by atoms with E-state index >= 15 is 0 Å². The van der Waals surface area contributed by atoms with Crippen LogP contribution < -0.4 is 0 Å². The average molecular weight is 185 g/mol. The van der Waals surface area contributed by atoms with Crippen LogP contribution in [0.1, 0.15) is 5.56 Å². The second kappa shape index (κ2) is 3.58. The van der Waals surface area contributed by atoms with Gasteiger partial charge in [-0.15, -0.1) is 0 Å². The SMILES string of the molecule is C=Cc1ccc[c]c1-c1ccsc1. The van der Waals surface area contributed by atoms with Gasteiger partial charge in [-0.3, -0.25) is 0 Å². The third-order valence-electron chi connectivity index (χ3n) is 1.92. The molecule has 0 aliphatic carbocycles. The van der Waals surface area contributed by atoms with Crippen LogP contribution in [0.25, 0.3) is 17.2 Å². The van der Waals surface area contributed by atoms with Crippen LogP contribution in [0.5, 0.6) is 0 Å². The lowest BCUT2D eigenvalue weighted by atomic mass is 10.0. The van der Waals surface area contributed by atoms with E-state index in [1.54, 1.807) is 11.3 Å². The first kappa shape index (κ1) is 8.27. The Morgan fingerprint density at radius 1 is 1.38 bits per heavy atom. The molecule has 0 saturated carbocycles. The summed E-state index contributed by atoms with van der Waals surface area (Å²) in [6.45, 7) is 3.78. The fourth-order valence-electron chi connectivity index (χ4n) is 1.28. The summed E-state index contributed by atoms with van der Waals surface area (Å²) >= 11 is 1.70. The lowest BCUT2D eigenvalue weighted by Gasteiger charge is -2.01. The lowest BCUT2D eigenvalue weighted by molar-refractivity contribution is 1.62. The molecule has 1 aromatic heterocycles. The second-order valence-corrected chi connectivity index (χ2v) is 3.50. The Morgan fingerprint density at radius 3 is 3.00 bits per heavy atom. The van der Waals surface area contributed by atoms with Gasteiger partial charge in [-0.25, -0.2) is 0 Å². The van der Waals surface area contributed by atoms with Crippen LogP contribution in [0.3, 0.4) is 0 Å². The van der Waals surface area contributed by atoms with Crippen molar-refractivity contribution in [3.63, 3.8) is 0 Å². The first-order valence-corrected chi connectivity index (χ1v) is 5.02. The van der Waals surface area contributed by atoms with Gasteiger partial charge in [-0.05, 0) is 39.6 Å². The smallest absolute Gasteiger partial charge is 0.00143 e. The zero-order valence-electron chi connectivity index (χ0n) is 7.16. The van der Waals surface area contributed by atoms with Crippen molar-refractivity contribution in [3.05, 3.63) is 53.2 Å². The maximum Gasteiger partial charge on any atom is -0.00143 e. The third kappa shape index (κ3) is 1.56. The molecule has 0 saturated heterocycles. The molecule has 0 N–H and O–H groups in total. The quantitative estimate of drug-likeness (QED) is 0.666. The number of thiophene rings is 1. The highest BCUT2D eigenvalue weighted by Crippen LogP contribution is 2.25. The molecule has 0 unspecified atom stereocenters. The van der Waals surface area contributed by atoms with E-state index < -0.39 is 0 Å². The largest absolute Gasteiger partial charge is 0.152 e. The molecule has 0 bridgehead atoms. The summed E-state index contributed by atoms with van der Waals surface area (Å²) in [5, 5.41) is 4.20. The van der Waals surface area contributed by atoms with Crippen molar-refractivity contribution >= 4 is 17.4 Å². The molecule has 1 heterocycles. The van der Waals surface area contributed by atoms with Crippen LogP contribution in [0.2, 0.25) is 0 Å². The van der Waals surface area contributed by atoms with E-state index in [-0.39, 0.29) is 0 Å². The zero-order chi connectivity index (χ0) is 9.10. The minimum absolute atomic E-state index is 1.14. The van der Waals surface area contributed by atoms with E-state index in [0.29, 0.717) is 0 Å². The molecule has 13 heavy (non-hydrogen) atoms. The first-order valence-electron chi connectivity index (χ1n) is 4.07. The summed E-state index contributed by atoms with van der Waals surface area (Å²) in [4.78, 5) is 0. The molecule has 0 fully saturated rings. The first-order chi connectivity index (χ1) is 6.42. The van der Waals surface area contributed by atoms with Gasteiger partial charge < -0.3 is 0 Å². The lowest BCUT2D eigenvalue weighted by Crippen LogP contribution is -1.79. The summed E-state index contributed by atoms with van der Waals surface area (Å²) in [6.07, 6.45) is 1.86. The highest BCUT2D eigenvalue weighted by molar-refractivity contribution is 7.08. The minimum Gasteiger partial charge on any atom is -0.152 e. The van der Waals surface area contributed by atoms with Crippen molar-refractivity contribution in [2.45, 2.75) is 0 Å². The van der Waals surface area contributed by atoms with E-state index in [2.05, 4.69) is 35.5 Å². The Balaban J connectivity index is 2.57. The van der Waals surface area contributed by atoms with Crippen molar-refractivity contribution in [1.29, 1.82) is 0 Å². The van der Waals surface area contributed by atoms with Crippen LogP contribution in [-0.4, -0.2) is 0 Å². The summed E-state index contributed by atoms with van der Waals surface area (Å²) in [6, 6.07) is 11.3. The van der Waals surface area contributed by atoms with Gasteiger partial charge in [0.1, 0.15) is 0 Å². The van der Waals surface area contributed by atoms with Gasteiger partial charge in [0, 0.05) is 0 Å².